The number of hydrogen-bond acceptors (Lipinski definition) is 3. The molecular weight excluding hydrogens is 322 g/mol. The van der Waals surface area contributed by atoms with Crippen molar-refractivity contribution in [3.63, 3.8) is 0 Å². The van der Waals surface area contributed by atoms with Crippen molar-refractivity contribution in [1.82, 2.24) is 4.90 Å². The molecule has 0 bridgehead atoms. The quantitative estimate of drug-likeness (QED) is 0.727. The van der Waals surface area contributed by atoms with Crippen LogP contribution in [0.15, 0.2) is 17.5 Å². The number of alkyl halides is 1. The van der Waals surface area contributed by atoms with Crippen LogP contribution in [-0.4, -0.2) is 43.1 Å². The van der Waals surface area contributed by atoms with Gasteiger partial charge in [-0.3, -0.25) is 0 Å². The average molecular weight is 346 g/mol. The van der Waals surface area contributed by atoms with Crippen LogP contribution in [0.3, 0.4) is 0 Å². The van der Waals surface area contributed by atoms with E-state index in [0.29, 0.717) is 11.5 Å². The van der Waals surface area contributed by atoms with Crippen molar-refractivity contribution >= 4 is 27.3 Å². The second kappa shape index (κ2) is 7.21. The van der Waals surface area contributed by atoms with E-state index in [-0.39, 0.29) is 0 Å². The molecule has 0 aromatic carbocycles. The van der Waals surface area contributed by atoms with Crippen molar-refractivity contribution in [3.05, 3.63) is 22.4 Å². The minimum Gasteiger partial charge on any atom is -0.381 e. The lowest BCUT2D eigenvalue weighted by molar-refractivity contribution is 0.00697. The molecule has 1 aliphatic heterocycles. The number of rotatable bonds is 6. The molecule has 1 aromatic rings. The van der Waals surface area contributed by atoms with Gasteiger partial charge in [0.05, 0.1) is 0 Å². The molecule has 2 heterocycles. The van der Waals surface area contributed by atoms with Crippen LogP contribution in [0.25, 0.3) is 0 Å². The zero-order valence-electron chi connectivity index (χ0n) is 11.9. The summed E-state index contributed by atoms with van der Waals surface area (Å²) in [5, 5.41) is 3.25. The topological polar surface area (TPSA) is 12.5 Å². The third kappa shape index (κ3) is 4.28. The van der Waals surface area contributed by atoms with Gasteiger partial charge in [0.25, 0.3) is 0 Å². The summed E-state index contributed by atoms with van der Waals surface area (Å²) in [6.07, 6.45) is 3.51. The Morgan fingerprint density at radius 3 is 2.79 bits per heavy atom. The molecule has 2 nitrogen and oxygen atoms in total. The lowest BCUT2D eigenvalue weighted by atomic mass is 9.81. The van der Waals surface area contributed by atoms with E-state index < -0.39 is 0 Å². The summed E-state index contributed by atoms with van der Waals surface area (Å²) in [4.78, 5) is 4.01. The standard InChI is InChI=1S/C15H24BrNOS/c1-13(10-14-4-3-9-19-14)17(2)12-15(11-16)5-7-18-8-6-15/h3-4,9,13H,5-8,10-12H2,1-2H3. The summed E-state index contributed by atoms with van der Waals surface area (Å²) in [6.45, 7) is 5.33. The highest BCUT2D eigenvalue weighted by Crippen LogP contribution is 2.33. The number of halogens is 1. The molecule has 1 aliphatic rings. The van der Waals surface area contributed by atoms with Crippen molar-refractivity contribution in [3.8, 4) is 0 Å². The number of nitrogens with zero attached hydrogens (tertiary/aromatic N) is 1. The van der Waals surface area contributed by atoms with Crippen LogP contribution in [0.5, 0.6) is 0 Å². The van der Waals surface area contributed by atoms with Crippen LogP contribution in [0.2, 0.25) is 0 Å². The van der Waals surface area contributed by atoms with Gasteiger partial charge < -0.3 is 9.64 Å². The lowest BCUT2D eigenvalue weighted by Crippen LogP contribution is -2.44. The maximum absolute atomic E-state index is 5.52. The first kappa shape index (κ1) is 15.5. The van der Waals surface area contributed by atoms with Crippen LogP contribution in [-0.2, 0) is 11.2 Å². The Hall–Kier alpha value is 0.1000. The van der Waals surface area contributed by atoms with E-state index in [1.165, 1.54) is 17.7 Å². The van der Waals surface area contributed by atoms with E-state index in [1.54, 1.807) is 0 Å². The van der Waals surface area contributed by atoms with Crippen molar-refractivity contribution in [2.45, 2.75) is 32.2 Å². The molecule has 2 rings (SSSR count). The van der Waals surface area contributed by atoms with Crippen LogP contribution in [0.4, 0.5) is 0 Å². The van der Waals surface area contributed by atoms with Gasteiger partial charge in [0.15, 0.2) is 0 Å². The monoisotopic (exact) mass is 345 g/mol. The molecule has 19 heavy (non-hydrogen) atoms. The van der Waals surface area contributed by atoms with Gasteiger partial charge in [0.1, 0.15) is 0 Å². The van der Waals surface area contributed by atoms with E-state index in [0.717, 1.165) is 31.5 Å². The summed E-state index contributed by atoms with van der Waals surface area (Å²) in [7, 11) is 2.26. The molecule has 0 N–H and O–H groups in total. The normalized spacial score (nSPS) is 20.6. The largest absolute Gasteiger partial charge is 0.381 e. The molecule has 108 valence electrons. The molecule has 1 unspecified atom stereocenters. The fourth-order valence-electron chi connectivity index (χ4n) is 2.70. The zero-order valence-corrected chi connectivity index (χ0v) is 14.3. The summed E-state index contributed by atoms with van der Waals surface area (Å²) >= 11 is 5.59. The second-order valence-electron chi connectivity index (χ2n) is 5.79. The smallest absolute Gasteiger partial charge is 0.0472 e. The lowest BCUT2D eigenvalue weighted by Gasteiger charge is -2.40. The molecule has 0 amide bonds. The van der Waals surface area contributed by atoms with Crippen LogP contribution in [0.1, 0.15) is 24.6 Å². The Bertz CT molecular complexity index is 362. The molecular formula is C15H24BrNOS. The highest BCUT2D eigenvalue weighted by molar-refractivity contribution is 9.09. The molecule has 0 aliphatic carbocycles. The van der Waals surface area contributed by atoms with Gasteiger partial charge in [0.2, 0.25) is 0 Å². The fourth-order valence-corrected chi connectivity index (χ4v) is 4.26. The Morgan fingerprint density at radius 2 is 2.21 bits per heavy atom. The van der Waals surface area contributed by atoms with Gasteiger partial charge in [0, 0.05) is 36.0 Å². The first-order chi connectivity index (χ1) is 9.15. The van der Waals surface area contributed by atoms with E-state index in [1.807, 2.05) is 11.3 Å². The third-order valence-electron chi connectivity index (χ3n) is 4.25. The number of hydrogen-bond donors (Lipinski definition) is 0. The average Bonchev–Trinajstić information content (AvgIpc) is 2.92. The SMILES string of the molecule is CC(Cc1cccs1)N(C)CC1(CBr)CCOCC1. The zero-order chi connectivity index (χ0) is 13.7. The van der Waals surface area contributed by atoms with Crippen molar-refractivity contribution in [2.24, 2.45) is 5.41 Å². The first-order valence-electron chi connectivity index (χ1n) is 7.01. The fraction of sp³-hybridized carbons (Fsp3) is 0.733. The van der Waals surface area contributed by atoms with E-state index in [2.05, 4.69) is 52.3 Å². The van der Waals surface area contributed by atoms with Gasteiger partial charge >= 0.3 is 0 Å². The Labute approximate surface area is 129 Å². The van der Waals surface area contributed by atoms with Crippen LogP contribution in [0, 0.1) is 5.41 Å². The third-order valence-corrected chi connectivity index (χ3v) is 6.34. The van der Waals surface area contributed by atoms with Gasteiger partial charge in [-0.25, -0.2) is 0 Å². The van der Waals surface area contributed by atoms with E-state index in [9.17, 15) is 0 Å². The summed E-state index contributed by atoms with van der Waals surface area (Å²) in [5.74, 6) is 0. The summed E-state index contributed by atoms with van der Waals surface area (Å²) in [5.41, 5.74) is 0.400. The minimum atomic E-state index is 0.400. The molecule has 0 spiro atoms. The number of thiophene rings is 1. The molecule has 1 fully saturated rings. The summed E-state index contributed by atoms with van der Waals surface area (Å²) < 4.78 is 5.52. The first-order valence-corrected chi connectivity index (χ1v) is 9.02. The van der Waals surface area contributed by atoms with Crippen molar-refractivity contribution < 1.29 is 4.74 Å². The molecule has 1 saturated heterocycles. The Kier molecular flexibility index (Phi) is 5.87. The van der Waals surface area contributed by atoms with Crippen molar-refractivity contribution in [2.75, 3.05) is 32.1 Å². The molecule has 1 aromatic heterocycles. The predicted octanol–water partition coefficient (Wildman–Crippen LogP) is 3.80. The van der Waals surface area contributed by atoms with E-state index >= 15 is 0 Å². The highest BCUT2D eigenvalue weighted by atomic mass is 79.9. The second-order valence-corrected chi connectivity index (χ2v) is 7.39. The molecule has 4 heteroatoms. The Balaban J connectivity index is 1.89. The molecule has 0 saturated carbocycles. The molecule has 0 radical (unpaired) electrons. The van der Waals surface area contributed by atoms with E-state index in [4.69, 9.17) is 4.74 Å². The maximum atomic E-state index is 5.52. The minimum absolute atomic E-state index is 0.400. The number of likely N-dealkylation sites (N-methyl/N-ethyl adjacent to an activating group) is 1. The van der Waals surface area contributed by atoms with Crippen LogP contribution < -0.4 is 0 Å². The van der Waals surface area contributed by atoms with Gasteiger partial charge in [-0.15, -0.1) is 11.3 Å². The van der Waals surface area contributed by atoms with Gasteiger partial charge in [-0.05, 0) is 50.1 Å². The number of ether oxygens (including phenoxy) is 1. The summed E-state index contributed by atoms with van der Waals surface area (Å²) in [6, 6.07) is 4.98. The maximum Gasteiger partial charge on any atom is 0.0472 e. The van der Waals surface area contributed by atoms with Crippen LogP contribution >= 0.6 is 27.3 Å². The molecule has 1 atom stereocenters. The van der Waals surface area contributed by atoms with Crippen molar-refractivity contribution in [1.29, 1.82) is 0 Å². The predicted molar refractivity (Wildman–Crippen MR) is 86.4 cm³/mol. The van der Waals surface area contributed by atoms with Gasteiger partial charge in [-0.1, -0.05) is 22.0 Å². The van der Waals surface area contributed by atoms with Gasteiger partial charge in [-0.2, -0.15) is 0 Å². The Morgan fingerprint density at radius 1 is 1.47 bits per heavy atom. The highest BCUT2D eigenvalue weighted by Gasteiger charge is 2.33.